The molecule has 8 rings (SSSR count). The van der Waals surface area contributed by atoms with Crippen molar-refractivity contribution in [1.82, 2.24) is 0 Å². The molecule has 23 heteroatoms. The predicted octanol–water partition coefficient (Wildman–Crippen LogP) is -5.11. The van der Waals surface area contributed by atoms with E-state index in [1.165, 1.54) is 0 Å². The zero-order valence-corrected chi connectivity index (χ0v) is 37.5. The first-order valence-corrected chi connectivity index (χ1v) is 23.4. The number of hydrogen-bond acceptors (Lipinski definition) is 23. The van der Waals surface area contributed by atoms with Crippen molar-refractivity contribution in [3.63, 3.8) is 0 Å². The van der Waals surface area contributed by atoms with Crippen molar-refractivity contribution in [2.75, 3.05) is 26.4 Å². The number of aliphatic hydroxyl groups excluding tert-OH is 14. The van der Waals surface area contributed by atoms with Crippen LogP contribution in [0.25, 0.3) is 0 Å². The Morgan fingerprint density at radius 1 is 0.567 bits per heavy atom. The third kappa shape index (κ3) is 8.63. The molecule has 4 aliphatic heterocycles. The lowest BCUT2D eigenvalue weighted by Crippen LogP contribution is -2.68. The Hall–Kier alpha value is -1.63. The lowest BCUT2D eigenvalue weighted by Gasteiger charge is -2.64. The van der Waals surface area contributed by atoms with Crippen molar-refractivity contribution < 1.29 is 114 Å². The smallest absolute Gasteiger partial charge is 0.314 e. The van der Waals surface area contributed by atoms with Gasteiger partial charge >= 0.3 is 5.97 Å². The van der Waals surface area contributed by atoms with Crippen LogP contribution in [0.15, 0.2) is 12.2 Å². The normalized spacial score (nSPS) is 54.5. The van der Waals surface area contributed by atoms with Crippen LogP contribution in [-0.2, 0) is 42.7 Å². The first-order chi connectivity index (χ1) is 31.6. The van der Waals surface area contributed by atoms with Crippen molar-refractivity contribution >= 4 is 5.97 Å². The lowest BCUT2D eigenvalue weighted by atomic mass is 9.41. The molecule has 0 amide bonds. The number of rotatable bonds is 12. The maximum Gasteiger partial charge on any atom is 0.314 e. The number of esters is 1. The fraction of sp³-hybridized carbons (Fsp3) is 0.932. The second-order valence-electron chi connectivity index (χ2n) is 20.8. The summed E-state index contributed by atoms with van der Waals surface area (Å²) in [6.07, 6.45) is -29.1. The van der Waals surface area contributed by atoms with Gasteiger partial charge in [-0.25, -0.2) is 0 Å². The molecular weight excluding hydrogens is 896 g/mol. The van der Waals surface area contributed by atoms with E-state index < -0.39 is 177 Å². The molecule has 8 fully saturated rings. The molecule has 23 nitrogen and oxygen atoms in total. The maximum atomic E-state index is 14.3. The van der Waals surface area contributed by atoms with E-state index in [4.69, 9.17) is 37.9 Å². The third-order valence-electron chi connectivity index (χ3n) is 17.1. The minimum Gasteiger partial charge on any atom is -0.432 e. The molecule has 0 aromatic rings. The van der Waals surface area contributed by atoms with Crippen LogP contribution in [0.3, 0.4) is 0 Å². The standard InChI is InChI=1S/C44H70O23/c1-17-11-43-9-5-22-41(2,7-4-8-42(22,3)40(59)66-38-33(58)30(55)26(51)20(14-47)62-38)23(43)6-10-44(17,16-43)67-39-35(65-37-32(57)29(54)25(50)19(13-46)61-37)34(27(52)21(15-48)63-39)64-36-31(56)28(53)24(49)18(12-45)60-36/h18-39,45-58H,1,4-16H2,2-3H3/t18-,19+,20?,21-,22+,23?,24?,25-,26-,27?,28?,29?,30+,31-,32?,33?,34?,35-,36+,37+,38+,39+,41-,42-,43-,44+/m1/s1. The molecule has 8 aliphatic rings. The maximum absolute atomic E-state index is 14.3. The van der Waals surface area contributed by atoms with Crippen LogP contribution in [0.1, 0.15) is 71.6 Å². The molecule has 26 atom stereocenters. The topological polar surface area (TPSA) is 374 Å². The lowest BCUT2D eigenvalue weighted by molar-refractivity contribution is -0.400. The SMILES string of the molecule is C=C1C[C@@]23CC[C@@H]4[C@](C)(C(=O)O[C@@H]5OC(CO)[C@@H](O)[C@H](O)C5O)CCC[C@@]4(C)C2CC[C@]1(O[C@@H]1O[C@H](CO)C(O)C(O[C@@H]2O[C@H](CO)C(O)C(O)[C@H]2O)[C@H]1O[C@@H]1O[C@@H](CO)[C@@H](O)C(O)C1O)C3. The first kappa shape index (κ1) is 51.7. The van der Waals surface area contributed by atoms with Crippen LogP contribution in [0.5, 0.6) is 0 Å². The molecular formula is C44H70O23. The number of carbonyl (C=O) groups excluding carboxylic acids is 1. The Balaban J connectivity index is 1.06. The van der Waals surface area contributed by atoms with Gasteiger partial charge < -0.3 is 109 Å². The third-order valence-corrected chi connectivity index (χ3v) is 17.1. The van der Waals surface area contributed by atoms with Crippen molar-refractivity contribution in [1.29, 1.82) is 0 Å². The average Bonchev–Trinajstić information content (AvgIpc) is 3.50. The Morgan fingerprint density at radius 2 is 1.03 bits per heavy atom. The van der Waals surface area contributed by atoms with E-state index in [9.17, 15) is 76.3 Å². The highest BCUT2D eigenvalue weighted by molar-refractivity contribution is 5.77. The van der Waals surface area contributed by atoms with E-state index in [1.807, 2.05) is 6.92 Å². The van der Waals surface area contributed by atoms with E-state index in [0.717, 1.165) is 6.42 Å². The fourth-order valence-electron chi connectivity index (χ4n) is 13.5. The Labute approximate surface area is 386 Å². The molecule has 384 valence electrons. The minimum absolute atomic E-state index is 0.0251. The monoisotopic (exact) mass is 966 g/mol. The molecule has 4 saturated heterocycles. The Kier molecular flexibility index (Phi) is 15.0. The second-order valence-corrected chi connectivity index (χ2v) is 20.8. The molecule has 0 aromatic carbocycles. The van der Waals surface area contributed by atoms with Gasteiger partial charge in [-0.3, -0.25) is 4.79 Å². The Morgan fingerprint density at radius 3 is 1.57 bits per heavy atom. The predicted molar refractivity (Wildman–Crippen MR) is 219 cm³/mol. The molecule has 1 spiro atoms. The number of fused-ring (bicyclic) bond motifs is 3. The number of ether oxygens (including phenoxy) is 8. The first-order valence-electron chi connectivity index (χ1n) is 23.4. The van der Waals surface area contributed by atoms with Crippen LogP contribution < -0.4 is 0 Å². The fourth-order valence-corrected chi connectivity index (χ4v) is 13.5. The van der Waals surface area contributed by atoms with Crippen LogP contribution >= 0.6 is 0 Å². The van der Waals surface area contributed by atoms with Gasteiger partial charge in [0.1, 0.15) is 97.7 Å². The van der Waals surface area contributed by atoms with Crippen LogP contribution in [0.4, 0.5) is 0 Å². The summed E-state index contributed by atoms with van der Waals surface area (Å²) < 4.78 is 48.2. The van der Waals surface area contributed by atoms with E-state index in [-0.39, 0.29) is 11.8 Å². The molecule has 0 radical (unpaired) electrons. The zero-order valence-electron chi connectivity index (χ0n) is 37.5. The van der Waals surface area contributed by atoms with Gasteiger partial charge in [0, 0.05) is 0 Å². The van der Waals surface area contributed by atoms with Crippen molar-refractivity contribution in [3.8, 4) is 0 Å². The van der Waals surface area contributed by atoms with Crippen LogP contribution in [-0.4, -0.2) is 232 Å². The molecule has 0 aromatic heterocycles. The van der Waals surface area contributed by atoms with E-state index in [0.29, 0.717) is 56.9 Å². The molecule has 4 saturated carbocycles. The van der Waals surface area contributed by atoms with Gasteiger partial charge in [0.15, 0.2) is 18.9 Å². The van der Waals surface area contributed by atoms with E-state index in [2.05, 4.69) is 13.5 Å². The largest absolute Gasteiger partial charge is 0.432 e. The summed E-state index contributed by atoms with van der Waals surface area (Å²) >= 11 is 0. The molecule has 2 bridgehead atoms. The summed E-state index contributed by atoms with van der Waals surface area (Å²) in [5.74, 6) is -0.805. The number of hydrogen-bond donors (Lipinski definition) is 14. The van der Waals surface area contributed by atoms with Gasteiger partial charge in [0.25, 0.3) is 0 Å². The summed E-state index contributed by atoms with van der Waals surface area (Å²) in [5, 5.41) is 148. The summed E-state index contributed by atoms with van der Waals surface area (Å²) in [7, 11) is 0. The van der Waals surface area contributed by atoms with Gasteiger partial charge in [-0.05, 0) is 86.5 Å². The van der Waals surface area contributed by atoms with E-state index in [1.54, 1.807) is 0 Å². The van der Waals surface area contributed by atoms with Crippen molar-refractivity contribution in [2.45, 2.75) is 200 Å². The average molecular weight is 967 g/mol. The summed E-state index contributed by atoms with van der Waals surface area (Å²) in [5.41, 5.74) is -2.33. The minimum atomic E-state index is -1.95. The van der Waals surface area contributed by atoms with Gasteiger partial charge in [-0.2, -0.15) is 0 Å². The van der Waals surface area contributed by atoms with Crippen LogP contribution in [0.2, 0.25) is 0 Å². The zero-order chi connectivity index (χ0) is 48.7. The molecule has 14 N–H and O–H groups in total. The highest BCUT2D eigenvalue weighted by atomic mass is 16.8. The van der Waals surface area contributed by atoms with E-state index >= 15 is 0 Å². The van der Waals surface area contributed by atoms with Gasteiger partial charge in [0.05, 0.1) is 37.4 Å². The van der Waals surface area contributed by atoms with Gasteiger partial charge in [-0.1, -0.05) is 19.9 Å². The molecule has 9 unspecified atom stereocenters. The molecule has 67 heavy (non-hydrogen) atoms. The quantitative estimate of drug-likeness (QED) is 0.0494. The van der Waals surface area contributed by atoms with Gasteiger partial charge in [0.2, 0.25) is 6.29 Å². The van der Waals surface area contributed by atoms with Crippen LogP contribution in [0, 0.1) is 28.1 Å². The molecule has 4 aliphatic carbocycles. The second kappa shape index (κ2) is 19.4. The molecule has 4 heterocycles. The number of carbonyl (C=O) groups is 1. The van der Waals surface area contributed by atoms with Gasteiger partial charge in [-0.15, -0.1) is 0 Å². The van der Waals surface area contributed by atoms with Crippen molar-refractivity contribution in [3.05, 3.63) is 12.2 Å². The summed E-state index contributed by atoms with van der Waals surface area (Å²) in [4.78, 5) is 14.3. The number of aliphatic hydroxyl groups is 14. The summed E-state index contributed by atoms with van der Waals surface area (Å²) in [6, 6.07) is 0. The highest BCUT2D eigenvalue weighted by Gasteiger charge is 2.70. The Bertz CT molecular complexity index is 1760. The van der Waals surface area contributed by atoms with Crippen molar-refractivity contribution in [2.24, 2.45) is 28.1 Å². The highest BCUT2D eigenvalue weighted by Crippen LogP contribution is 2.74. The summed E-state index contributed by atoms with van der Waals surface area (Å²) in [6.45, 7) is 5.41.